The summed E-state index contributed by atoms with van der Waals surface area (Å²) in [5, 5.41) is 4.20. The van der Waals surface area contributed by atoms with Gasteiger partial charge >= 0.3 is 0 Å². The molecule has 0 N–H and O–H groups in total. The number of aromatic nitrogens is 3. The number of aryl methyl sites for hydroxylation is 1. The fourth-order valence-electron chi connectivity index (χ4n) is 1.57. The van der Waals surface area contributed by atoms with E-state index < -0.39 is 0 Å². The Morgan fingerprint density at radius 3 is 2.50 bits per heavy atom. The summed E-state index contributed by atoms with van der Waals surface area (Å²) >= 11 is 0. The van der Waals surface area contributed by atoms with Crippen molar-refractivity contribution in [1.29, 1.82) is 0 Å². The Hall–Kier alpha value is -1.84. The van der Waals surface area contributed by atoms with Crippen molar-refractivity contribution >= 4 is 0 Å². The van der Waals surface area contributed by atoms with Crippen LogP contribution in [-0.2, 0) is 7.05 Å². The fraction of sp³-hybridized carbons (Fsp3) is 0.333. The number of hydrogen-bond donors (Lipinski definition) is 0. The molecular formula is C12H15N3O. The zero-order valence-electron chi connectivity index (χ0n) is 9.71. The summed E-state index contributed by atoms with van der Waals surface area (Å²) in [6.07, 6.45) is 3.60. The molecule has 0 bridgehead atoms. The van der Waals surface area contributed by atoms with Crippen LogP contribution in [0.1, 0.15) is 25.3 Å². The Bertz CT molecular complexity index is 551. The van der Waals surface area contributed by atoms with Crippen LogP contribution in [-0.4, -0.2) is 14.3 Å². The molecule has 0 amide bonds. The summed E-state index contributed by atoms with van der Waals surface area (Å²) in [6.45, 7) is 4.14. The average molecular weight is 217 g/mol. The molecule has 0 aromatic carbocycles. The third-order valence-electron chi connectivity index (χ3n) is 2.56. The Balaban J connectivity index is 2.48. The van der Waals surface area contributed by atoms with Gasteiger partial charge in [0.2, 0.25) is 0 Å². The van der Waals surface area contributed by atoms with E-state index in [1.807, 2.05) is 25.4 Å². The van der Waals surface area contributed by atoms with Gasteiger partial charge in [0.25, 0.3) is 5.56 Å². The summed E-state index contributed by atoms with van der Waals surface area (Å²) in [6, 6.07) is 5.44. The largest absolute Gasteiger partial charge is 0.274 e. The van der Waals surface area contributed by atoms with Gasteiger partial charge in [-0.25, -0.2) is 0 Å². The van der Waals surface area contributed by atoms with E-state index in [4.69, 9.17) is 0 Å². The molecule has 2 aromatic heterocycles. The van der Waals surface area contributed by atoms with Gasteiger partial charge < -0.3 is 0 Å². The van der Waals surface area contributed by atoms with Gasteiger partial charge in [-0.05, 0) is 17.5 Å². The number of pyridine rings is 1. The van der Waals surface area contributed by atoms with Crippen LogP contribution in [0.15, 0.2) is 35.4 Å². The molecule has 4 nitrogen and oxygen atoms in total. The summed E-state index contributed by atoms with van der Waals surface area (Å²) in [5.74, 6) is 1.02. The molecule has 16 heavy (non-hydrogen) atoms. The second-order valence-electron chi connectivity index (χ2n) is 4.17. The van der Waals surface area contributed by atoms with Gasteiger partial charge in [-0.15, -0.1) is 0 Å². The molecule has 84 valence electrons. The van der Waals surface area contributed by atoms with Gasteiger partial charge in [0, 0.05) is 31.6 Å². The second kappa shape index (κ2) is 3.96. The summed E-state index contributed by atoms with van der Waals surface area (Å²) in [7, 11) is 1.83. The molecule has 0 saturated heterocycles. The minimum Gasteiger partial charge on any atom is -0.274 e. The van der Waals surface area contributed by atoms with Crippen molar-refractivity contribution in [1.82, 2.24) is 14.3 Å². The van der Waals surface area contributed by atoms with E-state index in [0.29, 0.717) is 11.7 Å². The number of nitrogens with zero attached hydrogens (tertiary/aromatic N) is 3. The lowest BCUT2D eigenvalue weighted by atomic mass is 10.1. The maximum Gasteiger partial charge on any atom is 0.256 e. The van der Waals surface area contributed by atoms with Crippen LogP contribution < -0.4 is 5.56 Å². The first-order valence-electron chi connectivity index (χ1n) is 5.30. The molecule has 0 atom stereocenters. The standard InChI is InChI=1S/C12H15N3O/c1-9(2)10-4-7-15(12(16)8-10)11-5-6-14(3)13-11/h4-9H,1-3H3. The van der Waals surface area contributed by atoms with E-state index in [-0.39, 0.29) is 5.56 Å². The molecule has 2 rings (SSSR count). The molecule has 0 unspecified atom stereocenters. The summed E-state index contributed by atoms with van der Waals surface area (Å²) in [4.78, 5) is 11.9. The van der Waals surface area contributed by atoms with Crippen molar-refractivity contribution < 1.29 is 0 Å². The van der Waals surface area contributed by atoms with Gasteiger partial charge in [0.15, 0.2) is 5.82 Å². The zero-order chi connectivity index (χ0) is 11.7. The minimum absolute atomic E-state index is 0.0371. The zero-order valence-corrected chi connectivity index (χ0v) is 9.71. The van der Waals surface area contributed by atoms with Crippen molar-refractivity contribution in [3.63, 3.8) is 0 Å². The Kier molecular flexibility index (Phi) is 2.64. The molecule has 2 aromatic rings. The van der Waals surface area contributed by atoms with Gasteiger partial charge in [0.1, 0.15) is 0 Å². The maximum atomic E-state index is 11.9. The predicted molar refractivity (Wildman–Crippen MR) is 62.9 cm³/mol. The van der Waals surface area contributed by atoms with Crippen LogP contribution in [0.4, 0.5) is 0 Å². The van der Waals surface area contributed by atoms with Crippen LogP contribution in [0.25, 0.3) is 5.82 Å². The highest BCUT2D eigenvalue weighted by atomic mass is 16.1. The SMILES string of the molecule is CC(C)c1ccn(-c2ccn(C)n2)c(=O)c1. The van der Waals surface area contributed by atoms with Crippen molar-refractivity contribution in [2.45, 2.75) is 19.8 Å². The van der Waals surface area contributed by atoms with Gasteiger partial charge in [-0.3, -0.25) is 14.0 Å². The molecule has 0 aliphatic heterocycles. The Morgan fingerprint density at radius 1 is 1.25 bits per heavy atom. The quantitative estimate of drug-likeness (QED) is 0.768. The van der Waals surface area contributed by atoms with Crippen LogP contribution in [0.3, 0.4) is 0 Å². The highest BCUT2D eigenvalue weighted by Gasteiger charge is 2.05. The van der Waals surface area contributed by atoms with Gasteiger partial charge in [-0.1, -0.05) is 13.8 Å². The lowest BCUT2D eigenvalue weighted by Crippen LogP contribution is -2.18. The highest BCUT2D eigenvalue weighted by Crippen LogP contribution is 2.11. The van der Waals surface area contributed by atoms with Crippen LogP contribution in [0.2, 0.25) is 0 Å². The smallest absolute Gasteiger partial charge is 0.256 e. The molecule has 0 spiro atoms. The second-order valence-corrected chi connectivity index (χ2v) is 4.17. The number of rotatable bonds is 2. The Labute approximate surface area is 94.1 Å². The molecule has 0 radical (unpaired) electrons. The normalized spacial score (nSPS) is 11.0. The lowest BCUT2D eigenvalue weighted by Gasteiger charge is -2.06. The fourth-order valence-corrected chi connectivity index (χ4v) is 1.57. The van der Waals surface area contributed by atoms with E-state index in [0.717, 1.165) is 5.56 Å². The molecule has 0 aliphatic carbocycles. The van der Waals surface area contributed by atoms with Crippen molar-refractivity contribution in [2.24, 2.45) is 7.05 Å². The van der Waals surface area contributed by atoms with E-state index in [1.54, 1.807) is 21.5 Å². The summed E-state index contributed by atoms with van der Waals surface area (Å²) in [5.41, 5.74) is 1.02. The van der Waals surface area contributed by atoms with Gasteiger partial charge in [-0.2, -0.15) is 5.10 Å². The van der Waals surface area contributed by atoms with E-state index in [2.05, 4.69) is 18.9 Å². The van der Waals surface area contributed by atoms with Crippen LogP contribution >= 0.6 is 0 Å². The first kappa shape index (κ1) is 10.7. The maximum absolute atomic E-state index is 11.9. The molecule has 0 aliphatic rings. The Morgan fingerprint density at radius 2 is 2.00 bits per heavy atom. The molecule has 4 heteroatoms. The highest BCUT2D eigenvalue weighted by molar-refractivity contribution is 5.24. The van der Waals surface area contributed by atoms with E-state index >= 15 is 0 Å². The molecular weight excluding hydrogens is 202 g/mol. The monoisotopic (exact) mass is 217 g/mol. The topological polar surface area (TPSA) is 39.8 Å². The third-order valence-corrected chi connectivity index (χ3v) is 2.56. The first-order valence-corrected chi connectivity index (χ1v) is 5.30. The van der Waals surface area contributed by atoms with Crippen molar-refractivity contribution in [2.75, 3.05) is 0 Å². The number of hydrogen-bond acceptors (Lipinski definition) is 2. The van der Waals surface area contributed by atoms with Crippen LogP contribution in [0.5, 0.6) is 0 Å². The third kappa shape index (κ3) is 1.91. The summed E-state index contributed by atoms with van der Waals surface area (Å²) < 4.78 is 3.23. The van der Waals surface area contributed by atoms with Crippen LogP contribution in [0, 0.1) is 0 Å². The first-order chi connectivity index (χ1) is 7.58. The van der Waals surface area contributed by atoms with Crippen molar-refractivity contribution in [3.05, 3.63) is 46.5 Å². The van der Waals surface area contributed by atoms with Crippen molar-refractivity contribution in [3.8, 4) is 5.82 Å². The van der Waals surface area contributed by atoms with E-state index in [9.17, 15) is 4.79 Å². The molecule has 0 saturated carbocycles. The molecule has 2 heterocycles. The minimum atomic E-state index is -0.0371. The average Bonchev–Trinajstić information content (AvgIpc) is 2.64. The predicted octanol–water partition coefficient (Wildman–Crippen LogP) is 1.69. The van der Waals surface area contributed by atoms with Gasteiger partial charge in [0.05, 0.1) is 0 Å². The molecule has 0 fully saturated rings. The lowest BCUT2D eigenvalue weighted by molar-refractivity contribution is 0.744. The van der Waals surface area contributed by atoms with E-state index in [1.165, 1.54) is 0 Å².